The van der Waals surface area contributed by atoms with Crippen LogP contribution in [0.15, 0.2) is 24.4 Å². The second-order valence-corrected chi connectivity index (χ2v) is 6.44. The molecule has 2 heterocycles. The maximum Gasteiger partial charge on any atom is 0.494 e. The first-order chi connectivity index (χ1) is 8.80. The van der Waals surface area contributed by atoms with Gasteiger partial charge in [0.15, 0.2) is 0 Å². The smallest absolute Gasteiger partial charge is 0.399 e. The van der Waals surface area contributed by atoms with E-state index in [1.807, 2.05) is 18.2 Å². The second-order valence-electron chi connectivity index (χ2n) is 6.03. The summed E-state index contributed by atoms with van der Waals surface area (Å²) in [5.74, 6) is 0. The van der Waals surface area contributed by atoms with Crippen LogP contribution in [0.5, 0.6) is 0 Å². The Hall–Kier alpha value is -0.965. The molecule has 0 atom stereocenters. The van der Waals surface area contributed by atoms with Gasteiger partial charge in [0.05, 0.1) is 16.2 Å². The highest BCUT2D eigenvalue weighted by molar-refractivity contribution is 6.62. The van der Waals surface area contributed by atoms with E-state index in [0.29, 0.717) is 0 Å². The molecule has 0 radical (unpaired) electrons. The first-order valence-corrected chi connectivity index (χ1v) is 6.80. The number of halogens is 1. The molecule has 1 aromatic heterocycles. The fourth-order valence-electron chi connectivity index (χ4n) is 2.23. The summed E-state index contributed by atoms with van der Waals surface area (Å²) in [7, 11) is -0.337. The molecule has 1 aromatic carbocycles. The highest BCUT2D eigenvalue weighted by Gasteiger charge is 2.51. The van der Waals surface area contributed by atoms with E-state index in [0.717, 1.165) is 21.4 Å². The topological polar surface area (TPSA) is 34.2 Å². The van der Waals surface area contributed by atoms with Crippen LogP contribution < -0.4 is 5.46 Å². The largest absolute Gasteiger partial charge is 0.494 e. The lowest BCUT2D eigenvalue weighted by molar-refractivity contribution is 0.00578. The highest BCUT2D eigenvalue weighted by atomic mass is 35.5. The van der Waals surface area contributed by atoms with Gasteiger partial charge in [-0.1, -0.05) is 23.7 Å². The van der Waals surface area contributed by atoms with Crippen LogP contribution in [0.25, 0.3) is 10.9 Å². The minimum Gasteiger partial charge on any atom is -0.399 e. The van der Waals surface area contributed by atoms with E-state index < -0.39 is 0 Å². The van der Waals surface area contributed by atoms with E-state index in [1.54, 1.807) is 6.20 Å². The third kappa shape index (κ3) is 1.99. The van der Waals surface area contributed by atoms with Crippen LogP contribution in [0.3, 0.4) is 0 Å². The SMILES string of the molecule is CC1(C)OB(c2ccc3c(Cl)c[nH]c3c2)OC1(C)C. The zero-order valence-corrected chi connectivity index (χ0v) is 12.3. The van der Waals surface area contributed by atoms with Gasteiger partial charge in [-0.25, -0.2) is 0 Å². The number of rotatable bonds is 1. The summed E-state index contributed by atoms with van der Waals surface area (Å²) in [5, 5.41) is 1.75. The number of fused-ring (bicyclic) bond motifs is 1. The number of benzene rings is 1. The van der Waals surface area contributed by atoms with Crippen molar-refractivity contribution in [2.24, 2.45) is 0 Å². The quantitative estimate of drug-likeness (QED) is 0.813. The average molecular weight is 278 g/mol. The Morgan fingerprint density at radius 2 is 1.74 bits per heavy atom. The lowest BCUT2D eigenvalue weighted by Crippen LogP contribution is -2.41. The summed E-state index contributed by atoms with van der Waals surface area (Å²) in [4.78, 5) is 3.15. The molecule has 0 saturated carbocycles. The number of aromatic amines is 1. The molecular weight excluding hydrogens is 260 g/mol. The van der Waals surface area contributed by atoms with Gasteiger partial charge in [0.1, 0.15) is 0 Å². The van der Waals surface area contributed by atoms with Gasteiger partial charge in [0.25, 0.3) is 0 Å². The summed E-state index contributed by atoms with van der Waals surface area (Å²) >= 11 is 6.08. The minimum atomic E-state index is -0.337. The Morgan fingerprint density at radius 1 is 1.11 bits per heavy atom. The van der Waals surface area contributed by atoms with Crippen molar-refractivity contribution in [2.75, 3.05) is 0 Å². The lowest BCUT2D eigenvalue weighted by Gasteiger charge is -2.32. The molecule has 100 valence electrons. The van der Waals surface area contributed by atoms with Crippen LogP contribution in [-0.4, -0.2) is 23.3 Å². The molecule has 5 heteroatoms. The molecule has 0 spiro atoms. The van der Waals surface area contributed by atoms with Gasteiger partial charge in [-0.15, -0.1) is 0 Å². The maximum absolute atomic E-state index is 6.08. The standard InChI is InChI=1S/C14H17BClNO2/c1-13(2)14(3,4)19-15(18-13)9-5-6-10-11(16)8-17-12(10)7-9/h5-8,17H,1-4H3. The molecule has 3 nitrogen and oxygen atoms in total. The molecular formula is C14H17BClNO2. The third-order valence-electron chi connectivity index (χ3n) is 4.18. The van der Waals surface area contributed by atoms with Gasteiger partial charge >= 0.3 is 7.12 Å². The van der Waals surface area contributed by atoms with Gasteiger partial charge in [0, 0.05) is 17.1 Å². The van der Waals surface area contributed by atoms with Crippen LogP contribution in [0.2, 0.25) is 5.02 Å². The number of hydrogen-bond donors (Lipinski definition) is 1. The monoisotopic (exact) mass is 277 g/mol. The second kappa shape index (κ2) is 4.01. The van der Waals surface area contributed by atoms with Gasteiger partial charge < -0.3 is 14.3 Å². The minimum absolute atomic E-state index is 0.319. The molecule has 1 fully saturated rings. The summed E-state index contributed by atoms with van der Waals surface area (Å²) in [5.41, 5.74) is 1.36. The van der Waals surface area contributed by atoms with Crippen molar-refractivity contribution in [2.45, 2.75) is 38.9 Å². The molecule has 2 aromatic rings. The van der Waals surface area contributed by atoms with Crippen molar-refractivity contribution in [3.8, 4) is 0 Å². The summed E-state index contributed by atoms with van der Waals surface area (Å²) in [6.45, 7) is 8.21. The molecule has 1 aliphatic heterocycles. The summed E-state index contributed by atoms with van der Waals surface area (Å²) in [6, 6.07) is 6.03. The van der Waals surface area contributed by atoms with Crippen LogP contribution in [0.4, 0.5) is 0 Å². The van der Waals surface area contributed by atoms with Gasteiger partial charge in [0.2, 0.25) is 0 Å². The van der Waals surface area contributed by atoms with Crippen molar-refractivity contribution in [1.29, 1.82) is 0 Å². The Morgan fingerprint density at radius 3 is 2.37 bits per heavy atom. The van der Waals surface area contributed by atoms with E-state index >= 15 is 0 Å². The first-order valence-electron chi connectivity index (χ1n) is 6.42. The Bertz CT molecular complexity index is 619. The van der Waals surface area contributed by atoms with Gasteiger partial charge in [-0.3, -0.25) is 0 Å². The van der Waals surface area contributed by atoms with Crippen molar-refractivity contribution >= 4 is 35.1 Å². The molecule has 19 heavy (non-hydrogen) atoms. The van der Waals surface area contributed by atoms with E-state index in [-0.39, 0.29) is 18.3 Å². The summed E-state index contributed by atoms with van der Waals surface area (Å²) in [6.07, 6.45) is 1.79. The van der Waals surface area contributed by atoms with Crippen LogP contribution in [0.1, 0.15) is 27.7 Å². The van der Waals surface area contributed by atoms with Crippen LogP contribution >= 0.6 is 11.6 Å². The fourth-order valence-corrected chi connectivity index (χ4v) is 2.45. The average Bonchev–Trinajstić information content (AvgIpc) is 2.78. The molecule has 1 N–H and O–H groups in total. The molecule has 1 saturated heterocycles. The molecule has 0 unspecified atom stereocenters. The normalized spacial score (nSPS) is 21.2. The molecule has 0 amide bonds. The Balaban J connectivity index is 1.98. The molecule has 0 bridgehead atoms. The Kier molecular flexibility index (Phi) is 2.75. The number of hydrogen-bond acceptors (Lipinski definition) is 2. The molecule has 3 rings (SSSR count). The third-order valence-corrected chi connectivity index (χ3v) is 4.49. The Labute approximate surface area is 118 Å². The molecule has 0 aliphatic carbocycles. The van der Waals surface area contributed by atoms with E-state index in [1.165, 1.54) is 0 Å². The first kappa shape index (κ1) is 13.0. The van der Waals surface area contributed by atoms with E-state index in [9.17, 15) is 0 Å². The lowest BCUT2D eigenvalue weighted by atomic mass is 9.79. The summed E-state index contributed by atoms with van der Waals surface area (Å²) < 4.78 is 12.1. The number of H-pyrrole nitrogens is 1. The van der Waals surface area contributed by atoms with Crippen molar-refractivity contribution < 1.29 is 9.31 Å². The van der Waals surface area contributed by atoms with Gasteiger partial charge in [-0.05, 0) is 39.2 Å². The zero-order chi connectivity index (χ0) is 13.8. The predicted molar refractivity (Wildman–Crippen MR) is 79.0 cm³/mol. The van der Waals surface area contributed by atoms with Crippen molar-refractivity contribution in [3.05, 3.63) is 29.4 Å². The highest BCUT2D eigenvalue weighted by Crippen LogP contribution is 2.36. The van der Waals surface area contributed by atoms with Crippen LogP contribution in [-0.2, 0) is 9.31 Å². The van der Waals surface area contributed by atoms with Gasteiger partial charge in [-0.2, -0.15) is 0 Å². The maximum atomic E-state index is 6.08. The van der Waals surface area contributed by atoms with Crippen molar-refractivity contribution in [3.63, 3.8) is 0 Å². The number of aromatic nitrogens is 1. The van der Waals surface area contributed by atoms with Crippen LogP contribution in [0, 0.1) is 0 Å². The zero-order valence-electron chi connectivity index (χ0n) is 11.6. The van der Waals surface area contributed by atoms with Crippen molar-refractivity contribution in [1.82, 2.24) is 4.98 Å². The molecule has 1 aliphatic rings. The van der Waals surface area contributed by atoms with E-state index in [4.69, 9.17) is 20.9 Å². The fraction of sp³-hybridized carbons (Fsp3) is 0.429. The number of nitrogens with one attached hydrogen (secondary N) is 1. The van der Waals surface area contributed by atoms with E-state index in [2.05, 4.69) is 32.7 Å². The predicted octanol–water partition coefficient (Wildman–Crippen LogP) is 3.12.